The lowest BCUT2D eigenvalue weighted by atomic mass is 10.2. The Morgan fingerprint density at radius 3 is 2.54 bits per heavy atom. The molecule has 2 amide bonds. The fourth-order valence-corrected chi connectivity index (χ4v) is 3.01. The summed E-state index contributed by atoms with van der Waals surface area (Å²) in [6.07, 6.45) is 7.60. The van der Waals surface area contributed by atoms with Crippen LogP contribution in [0.1, 0.15) is 68.6 Å². The number of amides is 2. The lowest BCUT2D eigenvalue weighted by Crippen LogP contribution is -2.29. The second-order valence-corrected chi connectivity index (χ2v) is 6.70. The van der Waals surface area contributed by atoms with E-state index in [9.17, 15) is 14.7 Å². The second-order valence-electron chi connectivity index (χ2n) is 5.92. The quantitative estimate of drug-likeness (QED) is 0.363. The van der Waals surface area contributed by atoms with Gasteiger partial charge in [0.25, 0.3) is 0 Å². The van der Waals surface area contributed by atoms with Crippen LogP contribution in [0.15, 0.2) is 0 Å². The van der Waals surface area contributed by atoms with Gasteiger partial charge in [0.05, 0.1) is 6.61 Å². The Morgan fingerprint density at radius 1 is 1.12 bits per heavy atom. The van der Waals surface area contributed by atoms with Crippen molar-refractivity contribution in [2.75, 3.05) is 25.1 Å². The summed E-state index contributed by atoms with van der Waals surface area (Å²) in [7, 11) is 0. The smallest absolute Gasteiger partial charge is 0.344 e. The van der Waals surface area contributed by atoms with Crippen LogP contribution in [0.3, 0.4) is 0 Å². The molecular formula is C17H29N3O5S. The van der Waals surface area contributed by atoms with Crippen LogP contribution < -0.4 is 15.4 Å². The maximum atomic E-state index is 11.9. The van der Waals surface area contributed by atoms with Crippen molar-refractivity contribution in [2.24, 2.45) is 0 Å². The van der Waals surface area contributed by atoms with E-state index in [1.165, 1.54) is 6.42 Å². The molecule has 9 heteroatoms. The number of aliphatic hydroxyl groups excluding tert-OH is 1. The van der Waals surface area contributed by atoms with Gasteiger partial charge in [-0.25, -0.2) is 9.59 Å². The van der Waals surface area contributed by atoms with Crippen LogP contribution in [0.25, 0.3) is 0 Å². The highest BCUT2D eigenvalue weighted by Crippen LogP contribution is 2.30. The molecule has 1 aromatic rings. The number of urea groups is 1. The summed E-state index contributed by atoms with van der Waals surface area (Å²) >= 11 is 0.891. The minimum absolute atomic E-state index is 0.0521. The van der Waals surface area contributed by atoms with E-state index in [1.54, 1.807) is 0 Å². The van der Waals surface area contributed by atoms with E-state index in [-0.39, 0.29) is 23.1 Å². The normalized spacial score (nSPS) is 10.5. The number of aromatic carboxylic acids is 1. The highest BCUT2D eigenvalue weighted by Gasteiger charge is 2.23. The summed E-state index contributed by atoms with van der Waals surface area (Å²) in [5, 5.41) is 23.4. The lowest BCUT2D eigenvalue weighted by molar-refractivity contribution is 0.0693. The number of hydrogen-bond acceptors (Lipinski definition) is 6. The summed E-state index contributed by atoms with van der Waals surface area (Å²) in [6.45, 7) is 3.14. The summed E-state index contributed by atoms with van der Waals surface area (Å²) in [4.78, 5) is 23.3. The number of carboxylic acids is 1. The third kappa shape index (κ3) is 8.48. The fraction of sp³-hybridized carbons (Fsp3) is 0.706. The standard InChI is InChI=1S/C17H29N3O5S/c1-2-3-4-5-9-12-25-14-13(16(22)23)15(26-20-14)19-17(24)18-10-7-6-8-11-21/h21H,2-12H2,1H3,(H,22,23)(H2,18,19,24). The number of rotatable bonds is 14. The molecule has 0 saturated carbocycles. The van der Waals surface area contributed by atoms with Gasteiger partial charge in [0.2, 0.25) is 5.88 Å². The predicted molar refractivity (Wildman–Crippen MR) is 101 cm³/mol. The van der Waals surface area contributed by atoms with Crippen LogP contribution in [0, 0.1) is 0 Å². The largest absolute Gasteiger partial charge is 0.477 e. The Hall–Kier alpha value is -1.87. The predicted octanol–water partition coefficient (Wildman–Crippen LogP) is 3.47. The first-order valence-electron chi connectivity index (χ1n) is 9.11. The molecular weight excluding hydrogens is 358 g/mol. The molecule has 1 aromatic heterocycles. The molecule has 0 radical (unpaired) electrons. The molecule has 1 rings (SSSR count). The van der Waals surface area contributed by atoms with Crippen molar-refractivity contribution in [2.45, 2.75) is 58.3 Å². The van der Waals surface area contributed by atoms with Crippen molar-refractivity contribution in [3.63, 3.8) is 0 Å². The number of unbranched alkanes of at least 4 members (excludes halogenated alkanes) is 6. The van der Waals surface area contributed by atoms with Gasteiger partial charge >= 0.3 is 12.0 Å². The monoisotopic (exact) mass is 387 g/mol. The fourth-order valence-electron chi connectivity index (χ4n) is 2.29. The van der Waals surface area contributed by atoms with E-state index in [4.69, 9.17) is 9.84 Å². The molecule has 0 bridgehead atoms. The molecule has 26 heavy (non-hydrogen) atoms. The van der Waals surface area contributed by atoms with Gasteiger partial charge in [-0.05, 0) is 37.2 Å². The number of nitrogens with one attached hydrogen (secondary N) is 2. The van der Waals surface area contributed by atoms with E-state index >= 15 is 0 Å². The van der Waals surface area contributed by atoms with E-state index in [0.717, 1.165) is 50.1 Å². The second kappa shape index (κ2) is 13.3. The van der Waals surface area contributed by atoms with Crippen molar-refractivity contribution < 1.29 is 24.5 Å². The molecule has 4 N–H and O–H groups in total. The van der Waals surface area contributed by atoms with Crippen LogP contribution in [-0.2, 0) is 0 Å². The van der Waals surface area contributed by atoms with Gasteiger partial charge in [0.15, 0.2) is 5.56 Å². The number of carboxylic acid groups (broad SMARTS) is 1. The number of carbonyl (C=O) groups is 2. The Labute approximate surface area is 158 Å². The topological polar surface area (TPSA) is 121 Å². The molecule has 0 unspecified atom stereocenters. The lowest BCUT2D eigenvalue weighted by Gasteiger charge is -2.07. The number of aromatic nitrogens is 1. The zero-order chi connectivity index (χ0) is 19.2. The van der Waals surface area contributed by atoms with E-state index in [1.807, 2.05) is 0 Å². The zero-order valence-electron chi connectivity index (χ0n) is 15.3. The third-order valence-corrected chi connectivity index (χ3v) is 4.45. The molecule has 0 aliphatic carbocycles. The van der Waals surface area contributed by atoms with Crippen LogP contribution in [0.5, 0.6) is 5.88 Å². The number of anilines is 1. The Kier molecular flexibility index (Phi) is 11.4. The molecule has 0 aliphatic heterocycles. The summed E-state index contributed by atoms with van der Waals surface area (Å²) in [6, 6.07) is -0.480. The van der Waals surface area contributed by atoms with Gasteiger partial charge in [0.1, 0.15) is 5.00 Å². The average Bonchev–Trinajstić information content (AvgIpc) is 3.00. The van der Waals surface area contributed by atoms with Crippen molar-refractivity contribution >= 4 is 28.5 Å². The first kappa shape index (κ1) is 22.2. The molecule has 8 nitrogen and oxygen atoms in total. The Bertz CT molecular complexity index is 551. The molecule has 0 saturated heterocycles. The molecule has 0 spiro atoms. The number of aliphatic hydroxyl groups is 1. The first-order valence-corrected chi connectivity index (χ1v) is 9.89. The highest BCUT2D eigenvalue weighted by atomic mass is 32.1. The molecule has 148 valence electrons. The molecule has 0 aliphatic rings. The molecule has 0 fully saturated rings. The highest BCUT2D eigenvalue weighted by molar-refractivity contribution is 7.11. The summed E-state index contributed by atoms with van der Waals surface area (Å²) in [5.74, 6) is -1.13. The van der Waals surface area contributed by atoms with Gasteiger partial charge in [-0.1, -0.05) is 32.6 Å². The van der Waals surface area contributed by atoms with Gasteiger partial charge in [-0.2, -0.15) is 4.37 Å². The Morgan fingerprint density at radius 2 is 1.85 bits per heavy atom. The average molecular weight is 388 g/mol. The first-order chi connectivity index (χ1) is 12.6. The Balaban J connectivity index is 2.46. The third-order valence-electron chi connectivity index (χ3n) is 3.71. The minimum Gasteiger partial charge on any atom is -0.477 e. The van der Waals surface area contributed by atoms with E-state index in [2.05, 4.69) is 21.9 Å². The number of nitrogens with zero attached hydrogens (tertiary/aromatic N) is 1. The van der Waals surface area contributed by atoms with Crippen LogP contribution in [0.4, 0.5) is 9.80 Å². The number of carbonyl (C=O) groups excluding carboxylic acids is 1. The zero-order valence-corrected chi connectivity index (χ0v) is 16.1. The number of hydrogen-bond donors (Lipinski definition) is 4. The van der Waals surface area contributed by atoms with Crippen LogP contribution in [0.2, 0.25) is 0 Å². The maximum Gasteiger partial charge on any atom is 0.344 e. The van der Waals surface area contributed by atoms with E-state index in [0.29, 0.717) is 19.6 Å². The number of ether oxygens (including phenoxy) is 1. The molecule has 0 atom stereocenters. The SMILES string of the molecule is CCCCCCCOc1nsc(NC(=O)NCCCCCO)c1C(=O)O. The van der Waals surface area contributed by atoms with E-state index < -0.39 is 12.0 Å². The summed E-state index contributed by atoms with van der Waals surface area (Å²) < 4.78 is 9.50. The minimum atomic E-state index is -1.18. The molecule has 1 heterocycles. The van der Waals surface area contributed by atoms with Crippen molar-refractivity contribution in [3.8, 4) is 5.88 Å². The molecule has 0 aromatic carbocycles. The van der Waals surface area contributed by atoms with Crippen LogP contribution in [-0.4, -0.2) is 46.3 Å². The summed E-state index contributed by atoms with van der Waals surface area (Å²) in [5.41, 5.74) is -0.112. The van der Waals surface area contributed by atoms with Gasteiger partial charge in [-0.3, -0.25) is 5.32 Å². The van der Waals surface area contributed by atoms with Gasteiger partial charge < -0.3 is 20.3 Å². The van der Waals surface area contributed by atoms with Crippen molar-refractivity contribution in [1.29, 1.82) is 0 Å². The van der Waals surface area contributed by atoms with Gasteiger partial charge in [-0.15, -0.1) is 0 Å². The van der Waals surface area contributed by atoms with Crippen molar-refractivity contribution in [1.82, 2.24) is 9.69 Å². The van der Waals surface area contributed by atoms with Crippen molar-refractivity contribution in [3.05, 3.63) is 5.56 Å². The van der Waals surface area contributed by atoms with Crippen LogP contribution >= 0.6 is 11.5 Å². The van der Waals surface area contributed by atoms with Gasteiger partial charge in [0, 0.05) is 13.2 Å². The maximum absolute atomic E-state index is 11.9.